The molecule has 0 saturated carbocycles. The number of hydrogen-bond acceptors (Lipinski definition) is 4. The van der Waals surface area contributed by atoms with Gasteiger partial charge in [0.25, 0.3) is 0 Å². The smallest absolute Gasteiger partial charge is 0.240 e. The van der Waals surface area contributed by atoms with Crippen LogP contribution in [0.25, 0.3) is 0 Å². The number of sulfonamides is 1. The number of H-pyrrole nitrogens is 1. The minimum atomic E-state index is -3.75. The molecular weight excluding hydrogens is 355 g/mol. The molecule has 0 unspecified atom stereocenters. The molecule has 0 spiro atoms. The Morgan fingerprint density at radius 2 is 1.88 bits per heavy atom. The number of aryl methyl sites for hydroxylation is 3. The number of hydrogen-bond donors (Lipinski definition) is 2. The van der Waals surface area contributed by atoms with Crippen molar-refractivity contribution in [2.75, 3.05) is 0 Å². The van der Waals surface area contributed by atoms with Crippen LogP contribution in [0.1, 0.15) is 22.8 Å². The Labute approximate surface area is 151 Å². The predicted molar refractivity (Wildman–Crippen MR) is 95.4 cm³/mol. The summed E-state index contributed by atoms with van der Waals surface area (Å²) < 4.78 is 40.3. The lowest BCUT2D eigenvalue weighted by atomic mass is 10.1. The lowest BCUT2D eigenvalue weighted by Gasteiger charge is -2.06. The van der Waals surface area contributed by atoms with Crippen LogP contribution in [0.2, 0.25) is 0 Å². The van der Waals surface area contributed by atoms with Crippen LogP contribution in [-0.2, 0) is 29.4 Å². The van der Waals surface area contributed by atoms with Crippen molar-refractivity contribution >= 4 is 10.0 Å². The zero-order chi connectivity index (χ0) is 18.6. The standard InChI is InChI=1S/C18H19FN4O2S/c1-13-11-15(8-9-16(13)19)26(24,25)20-12-18-21-17(22-23-18)10-7-14-5-3-2-4-6-14/h2-6,8-9,11,20H,7,10,12H2,1H3,(H,21,22,23). The number of nitrogens with one attached hydrogen (secondary N) is 2. The first kappa shape index (κ1) is 18.2. The zero-order valence-electron chi connectivity index (χ0n) is 14.2. The van der Waals surface area contributed by atoms with E-state index in [1.54, 1.807) is 0 Å². The second-order valence-electron chi connectivity index (χ2n) is 5.92. The summed E-state index contributed by atoms with van der Waals surface area (Å²) in [6.07, 6.45) is 1.46. The fourth-order valence-corrected chi connectivity index (χ4v) is 3.53. The fourth-order valence-electron chi connectivity index (χ4n) is 2.46. The molecule has 0 radical (unpaired) electrons. The Hall–Kier alpha value is -2.58. The van der Waals surface area contributed by atoms with Crippen LogP contribution >= 0.6 is 0 Å². The Bertz CT molecular complexity index is 987. The Balaban J connectivity index is 1.59. The number of benzene rings is 2. The van der Waals surface area contributed by atoms with E-state index in [0.29, 0.717) is 18.1 Å². The number of halogens is 1. The van der Waals surface area contributed by atoms with Crippen LogP contribution in [0.4, 0.5) is 4.39 Å². The molecule has 1 heterocycles. The van der Waals surface area contributed by atoms with Crippen molar-refractivity contribution in [3.8, 4) is 0 Å². The van der Waals surface area contributed by atoms with Crippen LogP contribution in [0.15, 0.2) is 53.4 Å². The molecule has 0 amide bonds. The highest BCUT2D eigenvalue weighted by atomic mass is 32.2. The number of aromatic nitrogens is 3. The van der Waals surface area contributed by atoms with Gasteiger partial charge in [-0.3, -0.25) is 5.10 Å². The monoisotopic (exact) mass is 374 g/mol. The molecule has 0 saturated heterocycles. The van der Waals surface area contributed by atoms with Crippen LogP contribution in [0.3, 0.4) is 0 Å². The lowest BCUT2D eigenvalue weighted by molar-refractivity contribution is 0.578. The molecule has 26 heavy (non-hydrogen) atoms. The van der Waals surface area contributed by atoms with Gasteiger partial charge in [-0.15, -0.1) is 0 Å². The van der Waals surface area contributed by atoms with E-state index in [-0.39, 0.29) is 17.0 Å². The molecule has 136 valence electrons. The molecule has 1 aromatic heterocycles. The lowest BCUT2D eigenvalue weighted by Crippen LogP contribution is -2.24. The summed E-state index contributed by atoms with van der Waals surface area (Å²) in [4.78, 5) is 4.31. The maximum atomic E-state index is 13.3. The second-order valence-corrected chi connectivity index (χ2v) is 7.69. The van der Waals surface area contributed by atoms with Crippen LogP contribution in [0.5, 0.6) is 0 Å². The Morgan fingerprint density at radius 3 is 2.62 bits per heavy atom. The number of rotatable bonds is 7. The van der Waals surface area contributed by atoms with Gasteiger partial charge < -0.3 is 0 Å². The van der Waals surface area contributed by atoms with Gasteiger partial charge in [0.1, 0.15) is 11.6 Å². The molecule has 3 rings (SSSR count). The third-order valence-corrected chi connectivity index (χ3v) is 5.33. The van der Waals surface area contributed by atoms with E-state index in [2.05, 4.69) is 19.9 Å². The van der Waals surface area contributed by atoms with Crippen molar-refractivity contribution in [2.24, 2.45) is 0 Å². The molecular formula is C18H19FN4O2S. The Kier molecular flexibility index (Phi) is 5.43. The number of nitrogens with zero attached hydrogens (tertiary/aromatic N) is 2. The van der Waals surface area contributed by atoms with Gasteiger partial charge >= 0.3 is 0 Å². The van der Waals surface area contributed by atoms with E-state index in [1.807, 2.05) is 30.3 Å². The maximum absolute atomic E-state index is 13.3. The second kappa shape index (κ2) is 7.76. The maximum Gasteiger partial charge on any atom is 0.240 e. The quantitative estimate of drug-likeness (QED) is 0.665. The minimum Gasteiger partial charge on any atom is -0.262 e. The molecule has 0 aliphatic carbocycles. The third kappa shape index (κ3) is 4.53. The van der Waals surface area contributed by atoms with Crippen LogP contribution < -0.4 is 4.72 Å². The van der Waals surface area contributed by atoms with E-state index in [0.717, 1.165) is 12.5 Å². The first-order valence-electron chi connectivity index (χ1n) is 8.14. The molecule has 0 fully saturated rings. The Morgan fingerprint density at radius 1 is 1.12 bits per heavy atom. The molecule has 0 atom stereocenters. The SMILES string of the molecule is Cc1cc(S(=O)(=O)NCc2nc(CCc3ccccc3)n[nH]2)ccc1F. The van der Waals surface area contributed by atoms with E-state index in [1.165, 1.54) is 24.6 Å². The van der Waals surface area contributed by atoms with E-state index >= 15 is 0 Å². The number of aromatic amines is 1. The molecule has 2 N–H and O–H groups in total. The molecule has 2 aromatic carbocycles. The van der Waals surface area contributed by atoms with Gasteiger partial charge in [-0.2, -0.15) is 5.10 Å². The average molecular weight is 374 g/mol. The summed E-state index contributed by atoms with van der Waals surface area (Å²) in [5.41, 5.74) is 1.46. The zero-order valence-corrected chi connectivity index (χ0v) is 15.1. The highest BCUT2D eigenvalue weighted by molar-refractivity contribution is 7.89. The summed E-state index contributed by atoms with van der Waals surface area (Å²) in [6.45, 7) is 1.50. The summed E-state index contributed by atoms with van der Waals surface area (Å²) in [7, 11) is -3.75. The molecule has 6 nitrogen and oxygen atoms in total. The first-order chi connectivity index (χ1) is 12.4. The highest BCUT2D eigenvalue weighted by Gasteiger charge is 2.16. The minimum absolute atomic E-state index is 0.0141. The summed E-state index contributed by atoms with van der Waals surface area (Å²) >= 11 is 0. The van der Waals surface area contributed by atoms with Crippen molar-refractivity contribution in [3.63, 3.8) is 0 Å². The van der Waals surface area contributed by atoms with Gasteiger partial charge in [-0.05, 0) is 42.7 Å². The van der Waals surface area contributed by atoms with Gasteiger partial charge in [0.15, 0.2) is 5.82 Å². The fraction of sp³-hybridized carbons (Fsp3) is 0.222. The molecule has 3 aromatic rings. The van der Waals surface area contributed by atoms with Gasteiger partial charge in [-0.1, -0.05) is 30.3 Å². The van der Waals surface area contributed by atoms with Crippen molar-refractivity contribution < 1.29 is 12.8 Å². The topological polar surface area (TPSA) is 87.7 Å². The highest BCUT2D eigenvalue weighted by Crippen LogP contribution is 2.14. The summed E-state index contributed by atoms with van der Waals surface area (Å²) in [5.74, 6) is 0.610. The summed E-state index contributed by atoms with van der Waals surface area (Å²) in [5, 5.41) is 6.85. The van der Waals surface area contributed by atoms with E-state index in [9.17, 15) is 12.8 Å². The molecule has 0 aliphatic rings. The normalized spacial score (nSPS) is 11.6. The third-order valence-electron chi connectivity index (χ3n) is 3.93. The molecule has 0 bridgehead atoms. The van der Waals surface area contributed by atoms with Crippen molar-refractivity contribution in [1.29, 1.82) is 0 Å². The molecule has 8 heteroatoms. The van der Waals surface area contributed by atoms with Gasteiger partial charge in [0.2, 0.25) is 10.0 Å². The van der Waals surface area contributed by atoms with Gasteiger partial charge in [0, 0.05) is 6.42 Å². The predicted octanol–water partition coefficient (Wildman–Crippen LogP) is 2.52. The van der Waals surface area contributed by atoms with E-state index in [4.69, 9.17) is 0 Å². The van der Waals surface area contributed by atoms with Crippen LogP contribution in [-0.4, -0.2) is 23.6 Å². The molecule has 0 aliphatic heterocycles. The van der Waals surface area contributed by atoms with Gasteiger partial charge in [0.05, 0.1) is 11.4 Å². The first-order valence-corrected chi connectivity index (χ1v) is 9.62. The average Bonchev–Trinajstić information content (AvgIpc) is 3.09. The van der Waals surface area contributed by atoms with E-state index < -0.39 is 15.8 Å². The van der Waals surface area contributed by atoms with Crippen LogP contribution in [0, 0.1) is 12.7 Å². The van der Waals surface area contributed by atoms with Crippen molar-refractivity contribution in [2.45, 2.75) is 31.2 Å². The largest absolute Gasteiger partial charge is 0.262 e. The van der Waals surface area contributed by atoms with Crippen molar-refractivity contribution in [3.05, 3.63) is 77.1 Å². The van der Waals surface area contributed by atoms with Gasteiger partial charge in [-0.25, -0.2) is 22.5 Å². The van der Waals surface area contributed by atoms with Crippen molar-refractivity contribution in [1.82, 2.24) is 19.9 Å². The summed E-state index contributed by atoms with van der Waals surface area (Å²) in [6, 6.07) is 13.6.